The van der Waals surface area contributed by atoms with Crippen molar-refractivity contribution in [3.63, 3.8) is 0 Å². The van der Waals surface area contributed by atoms with Crippen molar-refractivity contribution < 1.29 is 9.53 Å². The van der Waals surface area contributed by atoms with E-state index in [0.29, 0.717) is 19.8 Å². The van der Waals surface area contributed by atoms with Crippen LogP contribution < -0.4 is 5.32 Å². The van der Waals surface area contributed by atoms with Crippen LogP contribution in [0.15, 0.2) is 24.3 Å². The molecule has 1 heterocycles. The van der Waals surface area contributed by atoms with Crippen molar-refractivity contribution in [3.05, 3.63) is 34.0 Å². The summed E-state index contributed by atoms with van der Waals surface area (Å²) in [5.41, 5.74) is 0.988. The maximum Gasteiger partial charge on any atom is 0.261 e. The van der Waals surface area contributed by atoms with Crippen LogP contribution in [0.5, 0.6) is 0 Å². The number of amides is 1. The van der Waals surface area contributed by atoms with E-state index in [1.54, 1.807) is 11.3 Å². The van der Waals surface area contributed by atoms with E-state index in [-0.39, 0.29) is 5.91 Å². The molecule has 1 amide bonds. The van der Waals surface area contributed by atoms with E-state index in [1.165, 1.54) is 4.88 Å². The van der Waals surface area contributed by atoms with Gasteiger partial charge in [0.25, 0.3) is 5.91 Å². The molecule has 0 aliphatic carbocycles. The molecule has 0 radical (unpaired) electrons. The summed E-state index contributed by atoms with van der Waals surface area (Å²) in [6.07, 6.45) is 0.972. The molecule has 1 N–H and O–H groups in total. The third-order valence-corrected chi connectivity index (χ3v) is 3.34. The number of nitrogens with one attached hydrogen (secondary N) is 1. The fourth-order valence-electron chi connectivity index (χ4n) is 1.26. The van der Waals surface area contributed by atoms with Gasteiger partial charge in [-0.25, -0.2) is 0 Å². The Kier molecular flexibility index (Phi) is 5.94. The lowest BCUT2D eigenvalue weighted by molar-refractivity contribution is 0.0931. The Hall–Kier alpha value is -1.13. The molecule has 94 valence electrons. The summed E-state index contributed by atoms with van der Waals surface area (Å²) in [5.74, 6) is -0.0198. The first-order chi connectivity index (χ1) is 8.13. The normalized spacial score (nSPS) is 10.2. The minimum absolute atomic E-state index is 0.0198. The SMILES string of the molecule is C=C(C)COCCNC(=O)c1ccc(CC)s1. The molecule has 0 aromatic carbocycles. The lowest BCUT2D eigenvalue weighted by Gasteiger charge is -2.05. The van der Waals surface area contributed by atoms with Gasteiger partial charge in [0.2, 0.25) is 0 Å². The number of thiophene rings is 1. The van der Waals surface area contributed by atoms with Crippen LogP contribution in [0.2, 0.25) is 0 Å². The van der Waals surface area contributed by atoms with E-state index < -0.39 is 0 Å². The number of hydrogen-bond acceptors (Lipinski definition) is 3. The molecule has 0 atom stereocenters. The minimum Gasteiger partial charge on any atom is -0.375 e. The molecule has 0 unspecified atom stereocenters. The second-order valence-corrected chi connectivity index (χ2v) is 5.05. The van der Waals surface area contributed by atoms with Gasteiger partial charge < -0.3 is 10.1 Å². The first kappa shape index (κ1) is 13.9. The number of ether oxygens (including phenoxy) is 1. The Labute approximate surface area is 106 Å². The smallest absolute Gasteiger partial charge is 0.261 e. The van der Waals surface area contributed by atoms with Gasteiger partial charge in [0.1, 0.15) is 0 Å². The average molecular weight is 253 g/mol. The van der Waals surface area contributed by atoms with Crippen molar-refractivity contribution in [2.75, 3.05) is 19.8 Å². The zero-order chi connectivity index (χ0) is 12.7. The number of carbonyl (C=O) groups is 1. The van der Waals surface area contributed by atoms with Crippen LogP contribution in [0.25, 0.3) is 0 Å². The van der Waals surface area contributed by atoms with Crippen molar-refractivity contribution in [3.8, 4) is 0 Å². The molecule has 0 saturated carbocycles. The van der Waals surface area contributed by atoms with Crippen LogP contribution in [0.3, 0.4) is 0 Å². The molecule has 3 nitrogen and oxygen atoms in total. The van der Waals surface area contributed by atoms with Crippen LogP contribution in [0, 0.1) is 0 Å². The first-order valence-corrected chi connectivity index (χ1v) is 6.54. The highest BCUT2D eigenvalue weighted by Crippen LogP contribution is 2.16. The van der Waals surface area contributed by atoms with Crippen LogP contribution in [0.4, 0.5) is 0 Å². The van der Waals surface area contributed by atoms with Crippen LogP contribution in [0.1, 0.15) is 28.4 Å². The zero-order valence-corrected chi connectivity index (χ0v) is 11.2. The molecule has 0 fully saturated rings. The molecule has 0 bridgehead atoms. The van der Waals surface area contributed by atoms with E-state index in [2.05, 4.69) is 18.8 Å². The zero-order valence-electron chi connectivity index (χ0n) is 10.4. The molecule has 1 aromatic rings. The van der Waals surface area contributed by atoms with Crippen molar-refractivity contribution >= 4 is 17.2 Å². The summed E-state index contributed by atoms with van der Waals surface area (Å²) in [6, 6.07) is 3.87. The quantitative estimate of drug-likeness (QED) is 0.599. The average Bonchev–Trinajstić information content (AvgIpc) is 2.76. The highest BCUT2D eigenvalue weighted by atomic mass is 32.1. The van der Waals surface area contributed by atoms with Crippen molar-refractivity contribution in [1.82, 2.24) is 5.32 Å². The standard InChI is InChI=1S/C13H19NO2S/c1-4-11-5-6-12(17-11)13(15)14-7-8-16-9-10(2)3/h5-6H,2,4,7-9H2,1,3H3,(H,14,15). The number of rotatable bonds is 7. The first-order valence-electron chi connectivity index (χ1n) is 5.72. The molecule has 0 saturated heterocycles. The summed E-state index contributed by atoms with van der Waals surface area (Å²) in [7, 11) is 0. The van der Waals surface area contributed by atoms with Crippen molar-refractivity contribution in [1.29, 1.82) is 0 Å². The van der Waals surface area contributed by atoms with Gasteiger partial charge in [-0.1, -0.05) is 19.1 Å². The summed E-state index contributed by atoms with van der Waals surface area (Å²) in [5, 5.41) is 2.83. The summed E-state index contributed by atoms with van der Waals surface area (Å²) >= 11 is 1.54. The Morgan fingerprint density at radius 3 is 2.88 bits per heavy atom. The second kappa shape index (κ2) is 7.25. The topological polar surface area (TPSA) is 38.3 Å². The van der Waals surface area contributed by atoms with Crippen LogP contribution in [-0.2, 0) is 11.2 Å². The maximum absolute atomic E-state index is 11.7. The summed E-state index contributed by atoms with van der Waals surface area (Å²) in [6.45, 7) is 9.33. The number of aryl methyl sites for hydroxylation is 1. The Bertz CT molecular complexity index is 385. The van der Waals surface area contributed by atoms with Crippen molar-refractivity contribution in [2.24, 2.45) is 0 Å². The molecular weight excluding hydrogens is 234 g/mol. The second-order valence-electron chi connectivity index (χ2n) is 3.89. The molecule has 1 rings (SSSR count). The van der Waals surface area contributed by atoms with Gasteiger partial charge in [-0.3, -0.25) is 4.79 Å². The van der Waals surface area contributed by atoms with E-state index >= 15 is 0 Å². The molecule has 17 heavy (non-hydrogen) atoms. The Morgan fingerprint density at radius 2 is 2.29 bits per heavy atom. The molecular formula is C13H19NO2S. The summed E-state index contributed by atoms with van der Waals surface area (Å²) in [4.78, 5) is 13.7. The predicted octanol–water partition coefficient (Wildman–Crippen LogP) is 2.63. The highest BCUT2D eigenvalue weighted by Gasteiger charge is 2.07. The third-order valence-electron chi connectivity index (χ3n) is 2.11. The molecule has 1 aromatic heterocycles. The molecule has 4 heteroatoms. The van der Waals surface area contributed by atoms with Gasteiger partial charge in [-0.15, -0.1) is 11.3 Å². The monoisotopic (exact) mass is 253 g/mol. The van der Waals surface area contributed by atoms with E-state index in [9.17, 15) is 4.79 Å². The Morgan fingerprint density at radius 1 is 1.53 bits per heavy atom. The molecule has 0 aliphatic rings. The van der Waals surface area contributed by atoms with Gasteiger partial charge in [0.15, 0.2) is 0 Å². The van der Waals surface area contributed by atoms with Crippen LogP contribution in [-0.4, -0.2) is 25.7 Å². The van der Waals surface area contributed by atoms with Crippen molar-refractivity contribution in [2.45, 2.75) is 20.3 Å². The predicted molar refractivity (Wildman–Crippen MR) is 71.7 cm³/mol. The van der Waals surface area contributed by atoms with Gasteiger partial charge in [-0.2, -0.15) is 0 Å². The van der Waals surface area contributed by atoms with Gasteiger partial charge in [0, 0.05) is 11.4 Å². The number of carbonyl (C=O) groups excluding carboxylic acids is 1. The fraction of sp³-hybridized carbons (Fsp3) is 0.462. The lowest BCUT2D eigenvalue weighted by Crippen LogP contribution is -2.26. The largest absolute Gasteiger partial charge is 0.375 e. The minimum atomic E-state index is -0.0198. The summed E-state index contributed by atoms with van der Waals surface area (Å²) < 4.78 is 5.30. The van der Waals surface area contributed by atoms with Crippen LogP contribution >= 0.6 is 11.3 Å². The van der Waals surface area contributed by atoms with Gasteiger partial charge in [-0.05, 0) is 25.5 Å². The number of hydrogen-bond donors (Lipinski definition) is 1. The molecule has 0 aliphatic heterocycles. The lowest BCUT2D eigenvalue weighted by atomic mass is 10.3. The van der Waals surface area contributed by atoms with Gasteiger partial charge >= 0.3 is 0 Å². The Balaban J connectivity index is 2.23. The molecule has 0 spiro atoms. The van der Waals surface area contributed by atoms with E-state index in [4.69, 9.17) is 4.74 Å². The highest BCUT2D eigenvalue weighted by molar-refractivity contribution is 7.14. The van der Waals surface area contributed by atoms with Gasteiger partial charge in [0.05, 0.1) is 18.1 Å². The van der Waals surface area contributed by atoms with E-state index in [0.717, 1.165) is 16.9 Å². The van der Waals surface area contributed by atoms with E-state index in [1.807, 2.05) is 19.1 Å². The maximum atomic E-state index is 11.7. The third kappa shape index (κ3) is 5.15. The fourth-order valence-corrected chi connectivity index (χ4v) is 2.12.